The molecule has 0 aliphatic carbocycles. The van der Waals surface area contributed by atoms with Crippen LogP contribution >= 0.6 is 0 Å². The van der Waals surface area contributed by atoms with E-state index in [1.165, 1.54) is 18.2 Å². The number of rotatable bonds is 7. The molecule has 0 radical (unpaired) electrons. The fourth-order valence-corrected chi connectivity index (χ4v) is 2.78. The number of anilines is 1. The second-order valence-electron chi connectivity index (χ2n) is 6.10. The number of primary amides is 1. The van der Waals surface area contributed by atoms with E-state index >= 15 is 0 Å². The summed E-state index contributed by atoms with van der Waals surface area (Å²) in [5, 5.41) is 10.8. The average Bonchev–Trinajstić information content (AvgIpc) is 2.66. The molecular weight excluding hydrogens is 350 g/mol. The predicted octanol–water partition coefficient (Wildman–Crippen LogP) is 3.12. The smallest absolute Gasteiger partial charge is 0.269 e. The average molecular weight is 368 g/mol. The molecule has 0 fully saturated rings. The standard InChI is InChI=1S/C20H18F2N4O/c21-16-7-3-1-5-13(16)11-15(12-14-6-2-4-8-17(14)22)24-19-10-9-18(20(23)27)25-26-19/h1-10,15H,11-12H2,(H2,23,27)(H,24,26). The van der Waals surface area contributed by atoms with Crippen molar-refractivity contribution in [2.45, 2.75) is 18.9 Å². The minimum Gasteiger partial charge on any atom is -0.365 e. The number of amides is 1. The van der Waals surface area contributed by atoms with Gasteiger partial charge < -0.3 is 11.1 Å². The molecule has 0 unspecified atom stereocenters. The summed E-state index contributed by atoms with van der Waals surface area (Å²) < 4.78 is 28.1. The van der Waals surface area contributed by atoms with E-state index in [0.717, 1.165) is 0 Å². The third-order valence-corrected chi connectivity index (χ3v) is 4.12. The molecule has 1 amide bonds. The molecule has 0 atom stereocenters. The lowest BCUT2D eigenvalue weighted by Gasteiger charge is -2.20. The van der Waals surface area contributed by atoms with Crippen molar-refractivity contribution in [3.8, 4) is 0 Å². The zero-order chi connectivity index (χ0) is 19.2. The van der Waals surface area contributed by atoms with Gasteiger partial charge in [-0.2, -0.15) is 0 Å². The van der Waals surface area contributed by atoms with Gasteiger partial charge in [-0.05, 0) is 48.2 Å². The van der Waals surface area contributed by atoms with E-state index in [4.69, 9.17) is 5.73 Å². The van der Waals surface area contributed by atoms with Crippen molar-refractivity contribution in [2.75, 3.05) is 5.32 Å². The highest BCUT2D eigenvalue weighted by atomic mass is 19.1. The van der Waals surface area contributed by atoms with Gasteiger partial charge in [0.05, 0.1) is 0 Å². The van der Waals surface area contributed by atoms with Crippen molar-refractivity contribution < 1.29 is 13.6 Å². The van der Waals surface area contributed by atoms with E-state index in [-0.39, 0.29) is 23.4 Å². The molecule has 0 saturated carbocycles. The van der Waals surface area contributed by atoms with Gasteiger partial charge in [-0.1, -0.05) is 36.4 Å². The lowest BCUT2D eigenvalue weighted by molar-refractivity contribution is 0.0994. The first-order valence-electron chi connectivity index (χ1n) is 8.40. The molecule has 1 aromatic heterocycles. The van der Waals surface area contributed by atoms with Gasteiger partial charge in [0.25, 0.3) is 5.91 Å². The Kier molecular flexibility index (Phi) is 5.71. The van der Waals surface area contributed by atoms with Gasteiger partial charge >= 0.3 is 0 Å². The van der Waals surface area contributed by atoms with Gasteiger partial charge in [-0.3, -0.25) is 4.79 Å². The van der Waals surface area contributed by atoms with E-state index < -0.39 is 5.91 Å². The second-order valence-corrected chi connectivity index (χ2v) is 6.10. The van der Waals surface area contributed by atoms with Crippen LogP contribution in [0.1, 0.15) is 21.6 Å². The molecule has 27 heavy (non-hydrogen) atoms. The number of nitrogens with zero attached hydrogens (tertiary/aromatic N) is 2. The van der Waals surface area contributed by atoms with Crippen molar-refractivity contribution in [1.29, 1.82) is 0 Å². The van der Waals surface area contributed by atoms with Crippen LogP contribution in [0.25, 0.3) is 0 Å². The van der Waals surface area contributed by atoms with Crippen LogP contribution in [0.15, 0.2) is 60.7 Å². The first-order valence-corrected chi connectivity index (χ1v) is 8.40. The Morgan fingerprint density at radius 1 is 0.889 bits per heavy atom. The fraction of sp³-hybridized carbons (Fsp3) is 0.150. The van der Waals surface area contributed by atoms with Crippen LogP contribution in [-0.2, 0) is 12.8 Å². The molecule has 0 saturated heterocycles. The normalized spacial score (nSPS) is 10.8. The maximum Gasteiger partial charge on any atom is 0.269 e. The van der Waals surface area contributed by atoms with Gasteiger partial charge in [-0.25, -0.2) is 8.78 Å². The summed E-state index contributed by atoms with van der Waals surface area (Å²) in [5.41, 5.74) is 6.21. The van der Waals surface area contributed by atoms with Gasteiger partial charge in [-0.15, -0.1) is 10.2 Å². The number of carbonyl (C=O) groups excluding carboxylic acids is 1. The second kappa shape index (κ2) is 8.35. The Hall–Kier alpha value is -3.35. The van der Waals surface area contributed by atoms with Crippen LogP contribution in [0.5, 0.6) is 0 Å². The zero-order valence-electron chi connectivity index (χ0n) is 14.4. The minimum absolute atomic E-state index is 0.0420. The molecule has 0 aliphatic heterocycles. The molecule has 138 valence electrons. The molecule has 3 rings (SSSR count). The molecular formula is C20H18F2N4O. The number of aromatic nitrogens is 2. The first kappa shape index (κ1) is 18.4. The third kappa shape index (κ3) is 4.84. The van der Waals surface area contributed by atoms with Crippen LogP contribution in [-0.4, -0.2) is 22.1 Å². The number of hydrogen-bond acceptors (Lipinski definition) is 4. The van der Waals surface area contributed by atoms with Gasteiger partial charge in [0.1, 0.15) is 17.5 Å². The maximum atomic E-state index is 14.1. The predicted molar refractivity (Wildman–Crippen MR) is 98.2 cm³/mol. The van der Waals surface area contributed by atoms with Crippen molar-refractivity contribution in [1.82, 2.24) is 10.2 Å². The quantitative estimate of drug-likeness (QED) is 0.671. The Labute approximate surface area is 155 Å². The number of hydrogen-bond donors (Lipinski definition) is 2. The van der Waals surface area contributed by atoms with Crippen LogP contribution in [0.4, 0.5) is 14.6 Å². The fourth-order valence-electron chi connectivity index (χ4n) is 2.78. The maximum absolute atomic E-state index is 14.1. The van der Waals surface area contributed by atoms with E-state index in [1.807, 2.05) is 0 Å². The van der Waals surface area contributed by atoms with E-state index in [2.05, 4.69) is 15.5 Å². The number of nitrogens with one attached hydrogen (secondary N) is 1. The van der Waals surface area contributed by atoms with Crippen LogP contribution in [0.3, 0.4) is 0 Å². The molecule has 5 nitrogen and oxygen atoms in total. The molecule has 2 aromatic carbocycles. The van der Waals surface area contributed by atoms with Gasteiger partial charge in [0, 0.05) is 6.04 Å². The summed E-state index contributed by atoms with van der Waals surface area (Å²) in [4.78, 5) is 11.1. The largest absolute Gasteiger partial charge is 0.365 e. The summed E-state index contributed by atoms with van der Waals surface area (Å²) in [5.74, 6) is -0.943. The zero-order valence-corrected chi connectivity index (χ0v) is 14.4. The summed E-state index contributed by atoms with van der Waals surface area (Å²) in [7, 11) is 0. The summed E-state index contributed by atoms with van der Waals surface area (Å²) in [6, 6.07) is 15.5. The molecule has 7 heteroatoms. The van der Waals surface area contributed by atoms with Crippen molar-refractivity contribution in [3.63, 3.8) is 0 Å². The minimum atomic E-state index is -0.677. The monoisotopic (exact) mass is 368 g/mol. The topological polar surface area (TPSA) is 80.9 Å². The number of carbonyl (C=O) groups is 1. The van der Waals surface area contributed by atoms with Crippen LogP contribution in [0, 0.1) is 11.6 Å². The van der Waals surface area contributed by atoms with E-state index in [1.54, 1.807) is 42.5 Å². The van der Waals surface area contributed by atoms with E-state index in [0.29, 0.717) is 29.8 Å². The molecule has 3 aromatic rings. The Morgan fingerprint density at radius 3 is 1.89 bits per heavy atom. The molecule has 3 N–H and O–H groups in total. The third-order valence-electron chi connectivity index (χ3n) is 4.12. The highest BCUT2D eigenvalue weighted by molar-refractivity contribution is 5.90. The van der Waals surface area contributed by atoms with Crippen molar-refractivity contribution in [3.05, 3.63) is 89.1 Å². The van der Waals surface area contributed by atoms with Gasteiger partial charge in [0.2, 0.25) is 0 Å². The van der Waals surface area contributed by atoms with Crippen molar-refractivity contribution in [2.24, 2.45) is 5.73 Å². The van der Waals surface area contributed by atoms with Crippen molar-refractivity contribution >= 4 is 11.7 Å². The summed E-state index contributed by atoms with van der Waals surface area (Å²) >= 11 is 0. The first-order chi connectivity index (χ1) is 13.0. The molecule has 1 heterocycles. The Bertz CT molecular complexity index is 884. The lowest BCUT2D eigenvalue weighted by Crippen LogP contribution is -2.27. The number of nitrogens with two attached hydrogens (primary N) is 1. The number of halogens is 2. The highest BCUT2D eigenvalue weighted by Gasteiger charge is 2.16. The SMILES string of the molecule is NC(=O)c1ccc(NC(Cc2ccccc2F)Cc2ccccc2F)nn1. The Balaban J connectivity index is 1.83. The summed E-state index contributed by atoms with van der Waals surface area (Å²) in [6.07, 6.45) is 0.639. The Morgan fingerprint density at radius 2 is 1.44 bits per heavy atom. The van der Waals surface area contributed by atoms with Crippen LogP contribution < -0.4 is 11.1 Å². The molecule has 0 bridgehead atoms. The summed E-state index contributed by atoms with van der Waals surface area (Å²) in [6.45, 7) is 0. The molecule has 0 aliphatic rings. The lowest BCUT2D eigenvalue weighted by atomic mass is 9.98. The molecule has 0 spiro atoms. The van der Waals surface area contributed by atoms with Gasteiger partial charge in [0.15, 0.2) is 5.69 Å². The van der Waals surface area contributed by atoms with Crippen LogP contribution in [0.2, 0.25) is 0 Å². The number of benzene rings is 2. The highest BCUT2D eigenvalue weighted by Crippen LogP contribution is 2.17. The van der Waals surface area contributed by atoms with E-state index in [9.17, 15) is 13.6 Å².